The molecule has 0 aromatic heterocycles. The summed E-state index contributed by atoms with van der Waals surface area (Å²) in [4.78, 5) is 2.41. The van der Waals surface area contributed by atoms with E-state index in [1.165, 1.54) is 0 Å². The van der Waals surface area contributed by atoms with Crippen LogP contribution in [0, 0.1) is 5.92 Å². The Morgan fingerprint density at radius 1 is 1.05 bits per heavy atom. The summed E-state index contributed by atoms with van der Waals surface area (Å²) in [6.07, 6.45) is 0. The monoisotopic (exact) mass is 302 g/mol. The number of hydrogen-bond donors (Lipinski definition) is 1. The minimum Gasteiger partial charge on any atom is -0.329 e. The molecule has 1 aromatic rings. The molecule has 1 atom stereocenters. The third-order valence-corrected chi connectivity index (χ3v) is 3.57. The highest BCUT2D eigenvalue weighted by atomic mass is 35.5. The van der Waals surface area contributed by atoms with Gasteiger partial charge in [0, 0.05) is 35.2 Å². The number of hydrogen-bond acceptors (Lipinski definition) is 2. The van der Waals surface area contributed by atoms with Crippen molar-refractivity contribution in [3.63, 3.8) is 0 Å². The van der Waals surface area contributed by atoms with Gasteiger partial charge < -0.3 is 5.73 Å². The van der Waals surface area contributed by atoms with Gasteiger partial charge in [0.1, 0.15) is 0 Å². The van der Waals surface area contributed by atoms with E-state index in [9.17, 15) is 0 Å². The number of rotatable bonds is 6. The maximum Gasteiger partial charge on any atom is 0.0474 e. The molecule has 0 spiro atoms. The summed E-state index contributed by atoms with van der Waals surface area (Å²) in [5.74, 6) is 0.589. The molecule has 0 aliphatic rings. The lowest BCUT2D eigenvalue weighted by Gasteiger charge is -2.36. The fourth-order valence-corrected chi connectivity index (χ4v) is 2.89. The summed E-state index contributed by atoms with van der Waals surface area (Å²) in [5, 5.41) is 1.32. The Labute approximate surface area is 126 Å². The predicted molar refractivity (Wildman–Crippen MR) is 84.9 cm³/mol. The van der Waals surface area contributed by atoms with Crippen molar-refractivity contribution in [2.45, 2.75) is 39.8 Å². The maximum absolute atomic E-state index is 6.10. The number of nitrogens with zero attached hydrogens (tertiary/aromatic N) is 1. The third-order valence-electron chi connectivity index (χ3n) is 3.13. The quantitative estimate of drug-likeness (QED) is 0.846. The van der Waals surface area contributed by atoms with E-state index in [0.717, 1.165) is 12.1 Å². The van der Waals surface area contributed by atoms with Crippen LogP contribution in [-0.4, -0.2) is 24.0 Å². The fraction of sp³-hybridized carbons (Fsp3) is 0.600. The molecule has 1 rings (SSSR count). The van der Waals surface area contributed by atoms with Crippen LogP contribution in [0.15, 0.2) is 18.2 Å². The Morgan fingerprint density at radius 2 is 1.58 bits per heavy atom. The van der Waals surface area contributed by atoms with E-state index in [1.807, 2.05) is 12.1 Å². The van der Waals surface area contributed by atoms with Crippen molar-refractivity contribution in [2.24, 2.45) is 11.7 Å². The van der Waals surface area contributed by atoms with Crippen molar-refractivity contribution < 1.29 is 0 Å². The van der Waals surface area contributed by atoms with Crippen molar-refractivity contribution >= 4 is 23.2 Å². The van der Waals surface area contributed by atoms with Gasteiger partial charge in [0.15, 0.2) is 0 Å². The molecule has 0 heterocycles. The molecule has 0 saturated carbocycles. The van der Waals surface area contributed by atoms with Crippen LogP contribution in [0.5, 0.6) is 0 Å². The predicted octanol–water partition coefficient (Wildman–Crippen LogP) is 4.36. The summed E-state index contributed by atoms with van der Waals surface area (Å²) >= 11 is 12.2. The number of nitrogens with two attached hydrogens (primary N) is 1. The van der Waals surface area contributed by atoms with Gasteiger partial charge in [0.25, 0.3) is 0 Å². The lowest BCUT2D eigenvalue weighted by atomic mass is 10.0. The van der Waals surface area contributed by atoms with Gasteiger partial charge in [-0.15, -0.1) is 0 Å². The Bertz CT molecular complexity index is 385. The Hall–Kier alpha value is -0.280. The average Bonchev–Trinajstić information content (AvgIpc) is 2.26. The first-order valence-corrected chi connectivity index (χ1v) is 7.52. The van der Waals surface area contributed by atoms with Gasteiger partial charge in [-0.2, -0.15) is 0 Å². The SMILES string of the molecule is CC(C)CN(C(C)C)C(CN)c1cc(Cl)cc(Cl)c1. The first-order chi connectivity index (χ1) is 8.85. The molecule has 4 heteroatoms. The van der Waals surface area contributed by atoms with E-state index in [1.54, 1.807) is 6.07 Å². The molecule has 0 saturated heterocycles. The first-order valence-electron chi connectivity index (χ1n) is 6.77. The first kappa shape index (κ1) is 16.8. The van der Waals surface area contributed by atoms with Crippen molar-refractivity contribution in [3.8, 4) is 0 Å². The normalized spacial score (nSPS) is 13.6. The van der Waals surface area contributed by atoms with Crippen molar-refractivity contribution in [1.29, 1.82) is 0 Å². The molecule has 19 heavy (non-hydrogen) atoms. The Balaban J connectivity index is 3.08. The molecule has 0 aliphatic heterocycles. The highest BCUT2D eigenvalue weighted by Gasteiger charge is 2.23. The molecule has 1 unspecified atom stereocenters. The highest BCUT2D eigenvalue weighted by Crippen LogP contribution is 2.28. The van der Waals surface area contributed by atoms with E-state index < -0.39 is 0 Å². The van der Waals surface area contributed by atoms with Gasteiger partial charge in [-0.25, -0.2) is 0 Å². The molecule has 0 radical (unpaired) electrons. The highest BCUT2D eigenvalue weighted by molar-refractivity contribution is 6.34. The fourth-order valence-electron chi connectivity index (χ4n) is 2.35. The second-order valence-corrected chi connectivity index (χ2v) is 6.51. The minimum atomic E-state index is 0.151. The molecule has 2 N–H and O–H groups in total. The van der Waals surface area contributed by atoms with Crippen molar-refractivity contribution in [3.05, 3.63) is 33.8 Å². The lowest BCUT2D eigenvalue weighted by molar-refractivity contribution is 0.138. The van der Waals surface area contributed by atoms with Gasteiger partial charge in [0.05, 0.1) is 0 Å². The Kier molecular flexibility index (Phi) is 6.61. The van der Waals surface area contributed by atoms with Crippen LogP contribution in [0.2, 0.25) is 10.0 Å². The molecule has 0 aliphatic carbocycles. The number of halogens is 2. The van der Waals surface area contributed by atoms with Gasteiger partial charge >= 0.3 is 0 Å². The minimum absolute atomic E-state index is 0.151. The molecule has 108 valence electrons. The molecule has 0 amide bonds. The maximum atomic E-state index is 6.10. The van der Waals surface area contributed by atoms with Crippen LogP contribution < -0.4 is 5.73 Å². The second-order valence-electron chi connectivity index (χ2n) is 5.64. The summed E-state index contributed by atoms with van der Waals surface area (Å²) in [6, 6.07) is 6.25. The Morgan fingerprint density at radius 3 is 1.95 bits per heavy atom. The van der Waals surface area contributed by atoms with Crippen molar-refractivity contribution in [2.75, 3.05) is 13.1 Å². The standard InChI is InChI=1S/C15H24Cl2N2/c1-10(2)9-19(11(3)4)15(8-18)12-5-13(16)7-14(17)6-12/h5-7,10-11,15H,8-9,18H2,1-4H3. The largest absolute Gasteiger partial charge is 0.329 e. The van der Waals surface area contributed by atoms with Crippen LogP contribution >= 0.6 is 23.2 Å². The van der Waals surface area contributed by atoms with Gasteiger partial charge in [-0.05, 0) is 43.5 Å². The van der Waals surface area contributed by atoms with E-state index in [0.29, 0.717) is 28.5 Å². The zero-order valence-corrected chi connectivity index (χ0v) is 13.7. The van der Waals surface area contributed by atoms with Crippen LogP contribution in [0.1, 0.15) is 39.3 Å². The third kappa shape index (κ3) is 4.96. The number of benzene rings is 1. The second kappa shape index (κ2) is 7.49. The summed E-state index contributed by atoms with van der Waals surface area (Å²) < 4.78 is 0. The average molecular weight is 303 g/mol. The zero-order chi connectivity index (χ0) is 14.6. The van der Waals surface area contributed by atoms with E-state index >= 15 is 0 Å². The topological polar surface area (TPSA) is 29.3 Å². The summed E-state index contributed by atoms with van der Waals surface area (Å²) in [6.45, 7) is 10.4. The summed E-state index contributed by atoms with van der Waals surface area (Å²) in [7, 11) is 0. The zero-order valence-electron chi connectivity index (χ0n) is 12.2. The van der Waals surface area contributed by atoms with Gasteiger partial charge in [-0.1, -0.05) is 37.0 Å². The lowest BCUT2D eigenvalue weighted by Crippen LogP contribution is -2.40. The molecular formula is C15H24Cl2N2. The smallest absolute Gasteiger partial charge is 0.0474 e. The van der Waals surface area contributed by atoms with E-state index in [-0.39, 0.29) is 6.04 Å². The molecule has 0 bridgehead atoms. The van der Waals surface area contributed by atoms with Gasteiger partial charge in [0.2, 0.25) is 0 Å². The summed E-state index contributed by atoms with van der Waals surface area (Å²) in [5.41, 5.74) is 7.08. The van der Waals surface area contributed by atoms with E-state index in [2.05, 4.69) is 32.6 Å². The molecule has 1 aromatic carbocycles. The molecule has 0 fully saturated rings. The van der Waals surface area contributed by atoms with Gasteiger partial charge in [-0.3, -0.25) is 4.90 Å². The van der Waals surface area contributed by atoms with Crippen LogP contribution in [0.4, 0.5) is 0 Å². The van der Waals surface area contributed by atoms with Crippen molar-refractivity contribution in [1.82, 2.24) is 4.90 Å². The molecular weight excluding hydrogens is 279 g/mol. The van der Waals surface area contributed by atoms with Crippen LogP contribution in [-0.2, 0) is 0 Å². The van der Waals surface area contributed by atoms with Crippen LogP contribution in [0.25, 0.3) is 0 Å². The molecule has 2 nitrogen and oxygen atoms in total. The van der Waals surface area contributed by atoms with E-state index in [4.69, 9.17) is 28.9 Å². The van der Waals surface area contributed by atoms with Crippen LogP contribution in [0.3, 0.4) is 0 Å².